The summed E-state index contributed by atoms with van der Waals surface area (Å²) in [7, 11) is 1.66. The summed E-state index contributed by atoms with van der Waals surface area (Å²) in [5.41, 5.74) is 1.04. The quantitative estimate of drug-likeness (QED) is 0.755. The zero-order valence-electron chi connectivity index (χ0n) is 13.5. The molecule has 24 heavy (non-hydrogen) atoms. The molecule has 1 amide bonds. The number of fused-ring (bicyclic) bond motifs is 1. The molecule has 0 atom stereocenters. The van der Waals surface area contributed by atoms with Crippen LogP contribution in [0, 0.1) is 0 Å². The molecular weight excluding hydrogens is 302 g/mol. The van der Waals surface area contributed by atoms with Crippen molar-refractivity contribution in [1.29, 1.82) is 0 Å². The average molecular weight is 321 g/mol. The number of para-hydroxylation sites is 1. The first-order chi connectivity index (χ1) is 11.7. The molecule has 0 bridgehead atoms. The second kappa shape index (κ2) is 7.51. The van der Waals surface area contributed by atoms with E-state index in [1.807, 2.05) is 60.7 Å². The Labute approximate surface area is 141 Å². The number of carbonyl (C=O) groups is 1. The molecule has 0 aliphatic heterocycles. The van der Waals surface area contributed by atoms with Crippen LogP contribution in [-0.2, 0) is 11.3 Å². The molecule has 0 fully saturated rings. The van der Waals surface area contributed by atoms with Crippen molar-refractivity contribution < 1.29 is 14.3 Å². The molecule has 0 radical (unpaired) electrons. The van der Waals surface area contributed by atoms with Crippen LogP contribution in [0.15, 0.2) is 66.7 Å². The van der Waals surface area contributed by atoms with Crippen LogP contribution < -0.4 is 14.8 Å². The molecule has 3 aromatic rings. The smallest absolute Gasteiger partial charge is 0.258 e. The number of amides is 1. The summed E-state index contributed by atoms with van der Waals surface area (Å²) in [6, 6.07) is 21.3. The lowest BCUT2D eigenvalue weighted by atomic mass is 10.1. The molecular formula is C20H19NO3. The predicted octanol–water partition coefficient (Wildman–Crippen LogP) is 3.54. The van der Waals surface area contributed by atoms with Crippen molar-refractivity contribution in [2.75, 3.05) is 13.7 Å². The Kier molecular flexibility index (Phi) is 4.96. The first kappa shape index (κ1) is 15.9. The molecule has 3 aromatic carbocycles. The third-order valence-corrected chi connectivity index (χ3v) is 3.71. The van der Waals surface area contributed by atoms with Crippen molar-refractivity contribution in [2.45, 2.75) is 6.54 Å². The van der Waals surface area contributed by atoms with Gasteiger partial charge in [0.2, 0.25) is 0 Å². The van der Waals surface area contributed by atoms with E-state index in [-0.39, 0.29) is 12.5 Å². The minimum Gasteiger partial charge on any atom is -0.497 e. The van der Waals surface area contributed by atoms with Crippen molar-refractivity contribution in [3.05, 3.63) is 72.3 Å². The molecule has 4 nitrogen and oxygen atoms in total. The number of carbonyl (C=O) groups excluding carboxylic acids is 1. The third-order valence-electron chi connectivity index (χ3n) is 3.71. The highest BCUT2D eigenvalue weighted by atomic mass is 16.5. The fourth-order valence-corrected chi connectivity index (χ4v) is 2.43. The Bertz CT molecular complexity index is 831. The van der Waals surface area contributed by atoms with E-state index in [0.29, 0.717) is 12.3 Å². The van der Waals surface area contributed by atoms with Gasteiger partial charge in [-0.25, -0.2) is 0 Å². The number of benzene rings is 3. The van der Waals surface area contributed by atoms with Crippen LogP contribution in [0.4, 0.5) is 0 Å². The van der Waals surface area contributed by atoms with E-state index in [2.05, 4.69) is 11.4 Å². The number of methoxy groups -OCH3 is 1. The number of ether oxygens (including phenoxy) is 2. The number of rotatable bonds is 6. The average Bonchev–Trinajstić information content (AvgIpc) is 2.65. The van der Waals surface area contributed by atoms with Gasteiger partial charge in [-0.05, 0) is 46.7 Å². The first-order valence-electron chi connectivity index (χ1n) is 7.76. The highest BCUT2D eigenvalue weighted by molar-refractivity contribution is 5.84. The molecule has 0 aliphatic carbocycles. The summed E-state index contributed by atoms with van der Waals surface area (Å²) >= 11 is 0. The maximum atomic E-state index is 11.9. The molecule has 0 spiro atoms. The lowest BCUT2D eigenvalue weighted by Crippen LogP contribution is -2.28. The van der Waals surface area contributed by atoms with Gasteiger partial charge >= 0.3 is 0 Å². The Balaban J connectivity index is 1.56. The van der Waals surface area contributed by atoms with Crippen LogP contribution in [0.5, 0.6) is 11.5 Å². The van der Waals surface area contributed by atoms with Crippen molar-refractivity contribution in [1.82, 2.24) is 5.32 Å². The zero-order chi connectivity index (χ0) is 16.8. The van der Waals surface area contributed by atoms with Crippen LogP contribution in [0.25, 0.3) is 10.8 Å². The van der Waals surface area contributed by atoms with Crippen LogP contribution in [0.3, 0.4) is 0 Å². The Hall–Kier alpha value is -3.01. The summed E-state index contributed by atoms with van der Waals surface area (Å²) in [6.07, 6.45) is 0. The maximum Gasteiger partial charge on any atom is 0.258 e. The van der Waals surface area contributed by atoms with Crippen molar-refractivity contribution in [2.24, 2.45) is 0 Å². The minimum absolute atomic E-state index is 0.00872. The van der Waals surface area contributed by atoms with Gasteiger partial charge in [0.25, 0.3) is 5.91 Å². The molecule has 122 valence electrons. The van der Waals surface area contributed by atoms with Crippen molar-refractivity contribution in [3.63, 3.8) is 0 Å². The van der Waals surface area contributed by atoms with Gasteiger partial charge in [-0.2, -0.15) is 0 Å². The van der Waals surface area contributed by atoms with E-state index in [4.69, 9.17) is 9.47 Å². The Morgan fingerprint density at radius 2 is 1.67 bits per heavy atom. The molecule has 0 saturated carbocycles. The summed E-state index contributed by atoms with van der Waals surface area (Å²) in [6.45, 7) is 0.480. The highest BCUT2D eigenvalue weighted by Crippen LogP contribution is 2.21. The molecule has 4 heteroatoms. The molecule has 3 rings (SSSR count). The number of hydrogen-bond acceptors (Lipinski definition) is 3. The van der Waals surface area contributed by atoms with Crippen LogP contribution >= 0.6 is 0 Å². The molecule has 0 heterocycles. The summed E-state index contributed by atoms with van der Waals surface area (Å²) in [4.78, 5) is 11.9. The Morgan fingerprint density at radius 3 is 2.46 bits per heavy atom. The second-order valence-corrected chi connectivity index (χ2v) is 5.43. The van der Waals surface area contributed by atoms with Gasteiger partial charge in [0.1, 0.15) is 11.5 Å². The fourth-order valence-electron chi connectivity index (χ4n) is 2.43. The van der Waals surface area contributed by atoms with Crippen LogP contribution in [0.2, 0.25) is 0 Å². The van der Waals surface area contributed by atoms with E-state index in [9.17, 15) is 4.79 Å². The number of nitrogens with one attached hydrogen (secondary N) is 1. The van der Waals surface area contributed by atoms with Crippen LogP contribution in [0.1, 0.15) is 5.56 Å². The van der Waals surface area contributed by atoms with Crippen LogP contribution in [-0.4, -0.2) is 19.6 Å². The lowest BCUT2D eigenvalue weighted by molar-refractivity contribution is -0.123. The SMILES string of the molecule is COc1ccc2cc(CNC(=O)COc3ccccc3)ccc2c1. The van der Waals surface area contributed by atoms with E-state index in [1.54, 1.807) is 7.11 Å². The van der Waals surface area contributed by atoms with Crippen molar-refractivity contribution in [3.8, 4) is 11.5 Å². The standard InChI is InChI=1S/C20H19NO3/c1-23-19-10-9-16-11-15(7-8-17(16)12-19)13-21-20(22)14-24-18-5-3-2-4-6-18/h2-12H,13-14H2,1H3,(H,21,22). The summed E-state index contributed by atoms with van der Waals surface area (Å²) in [5.74, 6) is 1.38. The topological polar surface area (TPSA) is 47.6 Å². The largest absolute Gasteiger partial charge is 0.497 e. The lowest BCUT2D eigenvalue weighted by Gasteiger charge is -2.09. The highest BCUT2D eigenvalue weighted by Gasteiger charge is 2.04. The van der Waals surface area contributed by atoms with Gasteiger partial charge < -0.3 is 14.8 Å². The van der Waals surface area contributed by atoms with E-state index < -0.39 is 0 Å². The van der Waals surface area contributed by atoms with E-state index in [0.717, 1.165) is 22.1 Å². The van der Waals surface area contributed by atoms with Gasteiger partial charge in [0.15, 0.2) is 6.61 Å². The fraction of sp³-hybridized carbons (Fsp3) is 0.150. The number of hydrogen-bond donors (Lipinski definition) is 1. The molecule has 0 saturated heterocycles. The zero-order valence-corrected chi connectivity index (χ0v) is 13.5. The van der Waals surface area contributed by atoms with Gasteiger partial charge in [0, 0.05) is 6.54 Å². The second-order valence-electron chi connectivity index (χ2n) is 5.43. The van der Waals surface area contributed by atoms with Gasteiger partial charge in [-0.1, -0.05) is 36.4 Å². The third kappa shape index (κ3) is 4.04. The maximum absolute atomic E-state index is 11.9. The van der Waals surface area contributed by atoms with Gasteiger partial charge in [-0.3, -0.25) is 4.79 Å². The first-order valence-corrected chi connectivity index (χ1v) is 7.76. The molecule has 0 unspecified atom stereocenters. The summed E-state index contributed by atoms with van der Waals surface area (Å²) < 4.78 is 10.6. The summed E-state index contributed by atoms with van der Waals surface area (Å²) in [5, 5.41) is 5.09. The minimum atomic E-state index is -0.145. The van der Waals surface area contributed by atoms with Crippen molar-refractivity contribution >= 4 is 16.7 Å². The van der Waals surface area contributed by atoms with E-state index in [1.165, 1.54) is 0 Å². The van der Waals surface area contributed by atoms with E-state index >= 15 is 0 Å². The normalized spacial score (nSPS) is 10.4. The predicted molar refractivity (Wildman–Crippen MR) is 94.3 cm³/mol. The Morgan fingerprint density at radius 1 is 0.917 bits per heavy atom. The molecule has 1 N–H and O–H groups in total. The van der Waals surface area contributed by atoms with Gasteiger partial charge in [-0.15, -0.1) is 0 Å². The monoisotopic (exact) mass is 321 g/mol. The molecule has 0 aliphatic rings. The van der Waals surface area contributed by atoms with Gasteiger partial charge in [0.05, 0.1) is 7.11 Å². The molecule has 0 aromatic heterocycles.